The number of benzene rings is 1. The van der Waals surface area contributed by atoms with Crippen molar-refractivity contribution in [3.05, 3.63) is 53.9 Å². The van der Waals surface area contributed by atoms with Crippen molar-refractivity contribution in [3.63, 3.8) is 0 Å². The molecule has 2 aromatic rings. The van der Waals surface area contributed by atoms with E-state index < -0.39 is 18.0 Å². The average Bonchev–Trinajstić information content (AvgIpc) is 3.06. The fourth-order valence-electron chi connectivity index (χ4n) is 2.30. The third-order valence-corrected chi connectivity index (χ3v) is 3.41. The lowest BCUT2D eigenvalue weighted by Gasteiger charge is -2.17. The number of rotatable bonds is 5. The third-order valence-electron chi connectivity index (χ3n) is 3.41. The molecule has 1 N–H and O–H groups in total. The fourth-order valence-corrected chi connectivity index (χ4v) is 2.30. The van der Waals surface area contributed by atoms with Gasteiger partial charge in [0.2, 0.25) is 12.9 Å². The summed E-state index contributed by atoms with van der Waals surface area (Å²) in [5.41, 5.74) is 1.36. The molecule has 0 saturated carbocycles. The second-order valence-corrected chi connectivity index (χ2v) is 5.18. The standard InChI is InChI=1S/C17H16N2O5/c1-11(20)24-16(13-3-2-6-18-9-13)17(21)19-8-12-4-5-14-15(7-12)23-10-22-14/h2-7,9,16H,8,10H2,1H3,(H,19,21). The molecule has 1 aliphatic rings. The van der Waals surface area contributed by atoms with Crippen LogP contribution < -0.4 is 14.8 Å². The van der Waals surface area contributed by atoms with Gasteiger partial charge >= 0.3 is 5.97 Å². The number of fused-ring (bicyclic) bond motifs is 1. The minimum Gasteiger partial charge on any atom is -0.454 e. The minimum atomic E-state index is -1.04. The van der Waals surface area contributed by atoms with Crippen LogP contribution in [0.1, 0.15) is 24.2 Å². The van der Waals surface area contributed by atoms with Crippen molar-refractivity contribution in [1.29, 1.82) is 0 Å². The van der Waals surface area contributed by atoms with E-state index in [4.69, 9.17) is 14.2 Å². The van der Waals surface area contributed by atoms with Crippen molar-refractivity contribution in [3.8, 4) is 11.5 Å². The number of carbonyl (C=O) groups is 2. The number of aromatic nitrogens is 1. The Kier molecular flexibility index (Phi) is 4.60. The molecule has 124 valence electrons. The van der Waals surface area contributed by atoms with E-state index in [9.17, 15) is 9.59 Å². The highest BCUT2D eigenvalue weighted by Gasteiger charge is 2.24. The number of ether oxygens (including phenoxy) is 3. The first kappa shape index (κ1) is 15.8. The number of nitrogens with one attached hydrogen (secondary N) is 1. The summed E-state index contributed by atoms with van der Waals surface area (Å²) in [5.74, 6) is 0.363. The minimum absolute atomic E-state index is 0.195. The SMILES string of the molecule is CC(=O)OC(C(=O)NCc1ccc2c(c1)OCO2)c1cccnc1. The molecule has 1 unspecified atom stereocenters. The molecule has 3 rings (SSSR count). The second kappa shape index (κ2) is 6.99. The largest absolute Gasteiger partial charge is 0.454 e. The number of amides is 1. The Bertz CT molecular complexity index is 748. The lowest BCUT2D eigenvalue weighted by atomic mass is 10.1. The van der Waals surface area contributed by atoms with Crippen molar-refractivity contribution >= 4 is 11.9 Å². The molecular weight excluding hydrogens is 312 g/mol. The molecule has 0 saturated heterocycles. The molecule has 0 spiro atoms. The van der Waals surface area contributed by atoms with Crippen LogP contribution in [0, 0.1) is 0 Å². The molecule has 1 aliphatic heterocycles. The Balaban J connectivity index is 1.68. The number of pyridine rings is 1. The molecule has 7 nitrogen and oxygen atoms in total. The van der Waals surface area contributed by atoms with Gasteiger partial charge in [-0.1, -0.05) is 12.1 Å². The van der Waals surface area contributed by atoms with Gasteiger partial charge < -0.3 is 19.5 Å². The number of hydrogen-bond acceptors (Lipinski definition) is 6. The summed E-state index contributed by atoms with van der Waals surface area (Å²) in [6, 6.07) is 8.78. The van der Waals surface area contributed by atoms with E-state index in [-0.39, 0.29) is 13.3 Å². The van der Waals surface area contributed by atoms with Crippen LogP contribution in [0.2, 0.25) is 0 Å². The Labute approximate surface area is 138 Å². The number of nitrogens with zero attached hydrogens (tertiary/aromatic N) is 1. The molecule has 2 heterocycles. The van der Waals surface area contributed by atoms with Crippen LogP contribution in [0.25, 0.3) is 0 Å². The second-order valence-electron chi connectivity index (χ2n) is 5.18. The van der Waals surface area contributed by atoms with Gasteiger partial charge in [0.15, 0.2) is 11.5 Å². The van der Waals surface area contributed by atoms with Gasteiger partial charge in [0.1, 0.15) is 0 Å². The highest BCUT2D eigenvalue weighted by Crippen LogP contribution is 2.32. The fraction of sp³-hybridized carbons (Fsp3) is 0.235. The Morgan fingerprint density at radius 3 is 2.88 bits per heavy atom. The Morgan fingerprint density at radius 1 is 1.29 bits per heavy atom. The molecule has 0 bridgehead atoms. The molecular formula is C17H16N2O5. The smallest absolute Gasteiger partial charge is 0.303 e. The Hall–Kier alpha value is -3.09. The van der Waals surface area contributed by atoms with Crippen molar-refractivity contribution < 1.29 is 23.8 Å². The monoisotopic (exact) mass is 328 g/mol. The first-order valence-electron chi connectivity index (χ1n) is 7.37. The van der Waals surface area contributed by atoms with Gasteiger partial charge in [-0.05, 0) is 23.8 Å². The van der Waals surface area contributed by atoms with Crippen molar-refractivity contribution in [2.75, 3.05) is 6.79 Å². The summed E-state index contributed by atoms with van der Waals surface area (Å²) in [4.78, 5) is 27.6. The summed E-state index contributed by atoms with van der Waals surface area (Å²) in [6.07, 6.45) is 2.04. The van der Waals surface area contributed by atoms with Crippen LogP contribution >= 0.6 is 0 Å². The summed E-state index contributed by atoms with van der Waals surface area (Å²) < 4.78 is 15.7. The summed E-state index contributed by atoms with van der Waals surface area (Å²) in [6.45, 7) is 1.72. The predicted molar refractivity (Wildman–Crippen MR) is 83.2 cm³/mol. The predicted octanol–water partition coefficient (Wildman–Crippen LogP) is 1.73. The first-order chi connectivity index (χ1) is 11.6. The van der Waals surface area contributed by atoms with E-state index in [1.165, 1.54) is 13.1 Å². The van der Waals surface area contributed by atoms with E-state index in [0.29, 0.717) is 17.1 Å². The normalized spacial score (nSPS) is 13.2. The number of carbonyl (C=O) groups excluding carboxylic acids is 2. The third kappa shape index (κ3) is 3.62. The van der Waals surface area contributed by atoms with E-state index in [1.807, 2.05) is 6.07 Å². The van der Waals surface area contributed by atoms with Crippen LogP contribution in [0.5, 0.6) is 11.5 Å². The lowest BCUT2D eigenvalue weighted by Crippen LogP contribution is -2.31. The van der Waals surface area contributed by atoms with Crippen molar-refractivity contribution in [1.82, 2.24) is 10.3 Å². The average molecular weight is 328 g/mol. The van der Waals surface area contributed by atoms with Crippen molar-refractivity contribution in [2.45, 2.75) is 19.6 Å². The van der Waals surface area contributed by atoms with Crippen LogP contribution in [0.4, 0.5) is 0 Å². The molecule has 1 atom stereocenters. The molecule has 1 aromatic carbocycles. The molecule has 7 heteroatoms. The molecule has 24 heavy (non-hydrogen) atoms. The highest BCUT2D eigenvalue weighted by molar-refractivity contribution is 5.84. The molecule has 0 aliphatic carbocycles. The van der Waals surface area contributed by atoms with Gasteiger partial charge in [-0.15, -0.1) is 0 Å². The summed E-state index contributed by atoms with van der Waals surface area (Å²) in [5, 5.41) is 2.75. The number of hydrogen-bond donors (Lipinski definition) is 1. The van der Waals surface area contributed by atoms with Gasteiger partial charge in [-0.2, -0.15) is 0 Å². The zero-order valence-corrected chi connectivity index (χ0v) is 13.0. The van der Waals surface area contributed by atoms with E-state index >= 15 is 0 Å². The van der Waals surface area contributed by atoms with Crippen LogP contribution in [-0.4, -0.2) is 23.7 Å². The van der Waals surface area contributed by atoms with Gasteiger partial charge in [-0.3, -0.25) is 14.6 Å². The zero-order valence-electron chi connectivity index (χ0n) is 13.0. The van der Waals surface area contributed by atoms with Crippen LogP contribution in [0.15, 0.2) is 42.7 Å². The van der Waals surface area contributed by atoms with Gasteiger partial charge in [0, 0.05) is 31.4 Å². The number of esters is 1. The maximum Gasteiger partial charge on any atom is 0.303 e. The maximum atomic E-state index is 12.4. The highest BCUT2D eigenvalue weighted by atomic mass is 16.7. The summed E-state index contributed by atoms with van der Waals surface area (Å²) >= 11 is 0. The van der Waals surface area contributed by atoms with E-state index in [1.54, 1.807) is 30.5 Å². The Morgan fingerprint density at radius 2 is 2.12 bits per heavy atom. The van der Waals surface area contributed by atoms with Gasteiger partial charge in [0.05, 0.1) is 0 Å². The summed E-state index contributed by atoms with van der Waals surface area (Å²) in [7, 11) is 0. The quantitative estimate of drug-likeness (QED) is 0.841. The molecule has 0 fully saturated rings. The maximum absolute atomic E-state index is 12.4. The van der Waals surface area contributed by atoms with Crippen LogP contribution in [0.3, 0.4) is 0 Å². The molecule has 1 aromatic heterocycles. The molecule has 1 amide bonds. The van der Waals surface area contributed by atoms with Crippen molar-refractivity contribution in [2.24, 2.45) is 0 Å². The van der Waals surface area contributed by atoms with Gasteiger partial charge in [0.25, 0.3) is 5.91 Å². The zero-order chi connectivity index (χ0) is 16.9. The first-order valence-corrected chi connectivity index (χ1v) is 7.37. The van der Waals surface area contributed by atoms with E-state index in [0.717, 1.165) is 5.56 Å². The lowest BCUT2D eigenvalue weighted by molar-refractivity contribution is -0.154. The molecule has 0 radical (unpaired) electrons. The van der Waals surface area contributed by atoms with Crippen LogP contribution in [-0.2, 0) is 20.9 Å². The topological polar surface area (TPSA) is 86.8 Å². The van der Waals surface area contributed by atoms with Gasteiger partial charge in [-0.25, -0.2) is 0 Å². The van der Waals surface area contributed by atoms with E-state index in [2.05, 4.69) is 10.3 Å².